The van der Waals surface area contributed by atoms with Gasteiger partial charge in [0.05, 0.1) is 19.8 Å². The fourth-order valence-corrected chi connectivity index (χ4v) is 2.51. The number of carbonyl (C=O) groups excluding carboxylic acids is 1. The van der Waals surface area contributed by atoms with Crippen LogP contribution in [0.3, 0.4) is 0 Å². The SMILES string of the molecule is COC(=O)C1=C(C)Nc2nnnn2[C@@H]1c1cccc(OC)c1. The minimum absolute atomic E-state index is 0.432. The molecular formula is C14H15N5O3. The van der Waals surface area contributed by atoms with Gasteiger partial charge in [0.25, 0.3) is 0 Å². The Morgan fingerprint density at radius 3 is 2.91 bits per heavy atom. The average Bonchev–Trinajstić information content (AvgIpc) is 3.00. The Bertz CT molecular complexity index is 752. The van der Waals surface area contributed by atoms with Gasteiger partial charge < -0.3 is 14.8 Å². The molecule has 1 aromatic heterocycles. The highest BCUT2D eigenvalue weighted by atomic mass is 16.5. The second kappa shape index (κ2) is 5.47. The molecule has 1 N–H and O–H groups in total. The number of ether oxygens (including phenoxy) is 2. The molecule has 114 valence electrons. The van der Waals surface area contributed by atoms with Crippen LogP contribution in [0.15, 0.2) is 35.5 Å². The molecule has 8 nitrogen and oxygen atoms in total. The lowest BCUT2D eigenvalue weighted by atomic mass is 9.95. The van der Waals surface area contributed by atoms with Crippen LogP contribution >= 0.6 is 0 Å². The van der Waals surface area contributed by atoms with Crippen molar-refractivity contribution in [3.05, 3.63) is 41.1 Å². The van der Waals surface area contributed by atoms with Crippen LogP contribution in [-0.4, -0.2) is 40.4 Å². The van der Waals surface area contributed by atoms with Gasteiger partial charge in [0.2, 0.25) is 5.95 Å². The molecule has 0 bridgehead atoms. The molecule has 1 atom stereocenters. The zero-order valence-corrected chi connectivity index (χ0v) is 12.4. The highest BCUT2D eigenvalue weighted by Crippen LogP contribution is 2.35. The lowest BCUT2D eigenvalue weighted by molar-refractivity contribution is -0.136. The van der Waals surface area contributed by atoms with Crippen molar-refractivity contribution in [1.82, 2.24) is 20.2 Å². The van der Waals surface area contributed by atoms with Crippen LogP contribution in [0.1, 0.15) is 18.5 Å². The van der Waals surface area contributed by atoms with E-state index in [9.17, 15) is 4.79 Å². The van der Waals surface area contributed by atoms with Crippen molar-refractivity contribution in [3.63, 3.8) is 0 Å². The van der Waals surface area contributed by atoms with E-state index < -0.39 is 12.0 Å². The zero-order valence-electron chi connectivity index (χ0n) is 12.4. The van der Waals surface area contributed by atoms with Gasteiger partial charge in [0, 0.05) is 5.70 Å². The quantitative estimate of drug-likeness (QED) is 0.850. The van der Waals surface area contributed by atoms with E-state index in [2.05, 4.69) is 20.8 Å². The number of nitrogens with one attached hydrogen (secondary N) is 1. The van der Waals surface area contributed by atoms with Gasteiger partial charge in [-0.05, 0) is 35.0 Å². The molecule has 3 rings (SSSR count). The lowest BCUT2D eigenvalue weighted by Crippen LogP contribution is -2.29. The van der Waals surface area contributed by atoms with Crippen molar-refractivity contribution in [1.29, 1.82) is 0 Å². The summed E-state index contributed by atoms with van der Waals surface area (Å²) in [6.07, 6.45) is 0. The highest BCUT2D eigenvalue weighted by Gasteiger charge is 2.34. The summed E-state index contributed by atoms with van der Waals surface area (Å²) in [4.78, 5) is 12.2. The first-order valence-electron chi connectivity index (χ1n) is 6.63. The van der Waals surface area contributed by atoms with Crippen molar-refractivity contribution in [2.24, 2.45) is 0 Å². The standard InChI is InChI=1S/C14H15N5O3/c1-8-11(13(20)22-3)12(19-14(15-8)16-17-18-19)9-5-4-6-10(7-9)21-2/h4-7,12H,1-3H3,(H,15,16,18)/t12-/m1/s1. The zero-order chi connectivity index (χ0) is 15.7. The van der Waals surface area contributed by atoms with Crippen molar-refractivity contribution < 1.29 is 14.3 Å². The minimum Gasteiger partial charge on any atom is -0.497 e. The number of nitrogens with zero attached hydrogens (tertiary/aromatic N) is 4. The molecule has 0 aliphatic carbocycles. The summed E-state index contributed by atoms with van der Waals surface area (Å²) in [6.45, 7) is 1.79. The third-order valence-electron chi connectivity index (χ3n) is 3.53. The largest absolute Gasteiger partial charge is 0.497 e. The Kier molecular flexibility index (Phi) is 3.50. The topological polar surface area (TPSA) is 91.2 Å². The summed E-state index contributed by atoms with van der Waals surface area (Å²) in [7, 11) is 2.94. The molecule has 1 aromatic carbocycles. The molecule has 0 saturated carbocycles. The number of benzene rings is 1. The predicted octanol–water partition coefficient (Wildman–Crippen LogP) is 1.14. The molecule has 8 heteroatoms. The number of anilines is 1. The molecule has 0 unspecified atom stereocenters. The molecule has 1 aliphatic rings. The summed E-state index contributed by atoms with van der Waals surface area (Å²) in [5, 5.41) is 14.6. The molecule has 0 saturated heterocycles. The van der Waals surface area contributed by atoms with Crippen molar-refractivity contribution in [2.45, 2.75) is 13.0 Å². The summed E-state index contributed by atoms with van der Waals surface area (Å²) >= 11 is 0. The number of hydrogen-bond acceptors (Lipinski definition) is 7. The molecule has 0 amide bonds. The van der Waals surface area contributed by atoms with E-state index in [0.717, 1.165) is 5.56 Å². The number of tetrazole rings is 1. The summed E-state index contributed by atoms with van der Waals surface area (Å²) in [5.74, 6) is 0.726. The van der Waals surface area contributed by atoms with Gasteiger partial charge in [0.15, 0.2) is 0 Å². The number of methoxy groups -OCH3 is 2. The number of carbonyl (C=O) groups is 1. The van der Waals surface area contributed by atoms with Gasteiger partial charge in [-0.15, -0.1) is 0 Å². The first kappa shape index (κ1) is 14.1. The van der Waals surface area contributed by atoms with Crippen LogP contribution in [0.2, 0.25) is 0 Å². The molecule has 2 aromatic rings. The maximum absolute atomic E-state index is 12.2. The van der Waals surface area contributed by atoms with Crippen LogP contribution < -0.4 is 10.1 Å². The minimum atomic E-state index is -0.478. The maximum atomic E-state index is 12.2. The van der Waals surface area contributed by atoms with Gasteiger partial charge in [-0.1, -0.05) is 17.2 Å². The number of aromatic nitrogens is 4. The summed E-state index contributed by atoms with van der Waals surface area (Å²) in [5.41, 5.74) is 1.94. The molecule has 0 spiro atoms. The normalized spacial score (nSPS) is 16.8. The second-order valence-corrected chi connectivity index (χ2v) is 4.78. The van der Waals surface area contributed by atoms with Gasteiger partial charge in [-0.2, -0.15) is 4.68 Å². The van der Waals surface area contributed by atoms with Crippen LogP contribution in [0.5, 0.6) is 5.75 Å². The van der Waals surface area contributed by atoms with E-state index in [0.29, 0.717) is 23.0 Å². The fourth-order valence-electron chi connectivity index (χ4n) is 2.51. The molecule has 1 aliphatic heterocycles. The number of fused-ring (bicyclic) bond motifs is 1. The molecule has 0 radical (unpaired) electrons. The van der Waals surface area contributed by atoms with Gasteiger partial charge in [-0.3, -0.25) is 0 Å². The number of hydrogen-bond donors (Lipinski definition) is 1. The van der Waals surface area contributed by atoms with Crippen LogP contribution in [0, 0.1) is 0 Å². The third-order valence-corrected chi connectivity index (χ3v) is 3.53. The Morgan fingerprint density at radius 2 is 2.18 bits per heavy atom. The Labute approximate surface area is 126 Å². The van der Waals surface area contributed by atoms with E-state index in [1.54, 1.807) is 18.7 Å². The highest BCUT2D eigenvalue weighted by molar-refractivity contribution is 5.92. The number of allylic oxidation sites excluding steroid dienone is 1. The van der Waals surface area contributed by atoms with Gasteiger partial charge in [-0.25, -0.2) is 4.79 Å². The predicted molar refractivity (Wildman–Crippen MR) is 77.3 cm³/mol. The van der Waals surface area contributed by atoms with E-state index in [-0.39, 0.29) is 0 Å². The maximum Gasteiger partial charge on any atom is 0.338 e. The van der Waals surface area contributed by atoms with E-state index in [1.807, 2.05) is 24.3 Å². The molecule has 2 heterocycles. The monoisotopic (exact) mass is 301 g/mol. The number of esters is 1. The number of rotatable bonds is 3. The summed E-state index contributed by atoms with van der Waals surface area (Å²) in [6, 6.07) is 6.94. The average molecular weight is 301 g/mol. The van der Waals surface area contributed by atoms with Gasteiger partial charge >= 0.3 is 5.97 Å². The van der Waals surface area contributed by atoms with E-state index in [1.165, 1.54) is 7.11 Å². The first-order valence-corrected chi connectivity index (χ1v) is 6.63. The third kappa shape index (κ3) is 2.18. The molecule has 22 heavy (non-hydrogen) atoms. The Balaban J connectivity index is 2.18. The Hall–Kier alpha value is -2.90. The van der Waals surface area contributed by atoms with Crippen molar-refractivity contribution in [3.8, 4) is 5.75 Å². The second-order valence-electron chi connectivity index (χ2n) is 4.78. The molecular weight excluding hydrogens is 286 g/mol. The van der Waals surface area contributed by atoms with Crippen molar-refractivity contribution in [2.75, 3.05) is 19.5 Å². The van der Waals surface area contributed by atoms with Crippen LogP contribution in [0.25, 0.3) is 0 Å². The molecule has 0 fully saturated rings. The first-order chi connectivity index (χ1) is 10.7. The summed E-state index contributed by atoms with van der Waals surface area (Å²) < 4.78 is 11.7. The smallest absolute Gasteiger partial charge is 0.338 e. The van der Waals surface area contributed by atoms with Crippen molar-refractivity contribution >= 4 is 11.9 Å². The van der Waals surface area contributed by atoms with Crippen LogP contribution in [-0.2, 0) is 9.53 Å². The fraction of sp³-hybridized carbons (Fsp3) is 0.286. The van der Waals surface area contributed by atoms with E-state index in [4.69, 9.17) is 9.47 Å². The van der Waals surface area contributed by atoms with Crippen LogP contribution in [0.4, 0.5) is 5.95 Å². The Morgan fingerprint density at radius 1 is 1.36 bits per heavy atom. The lowest BCUT2D eigenvalue weighted by Gasteiger charge is -2.27. The van der Waals surface area contributed by atoms with Gasteiger partial charge in [0.1, 0.15) is 11.8 Å². The van der Waals surface area contributed by atoms with E-state index >= 15 is 0 Å².